The predicted octanol–water partition coefficient (Wildman–Crippen LogP) is 3.46. The molecule has 1 aliphatic rings. The molecule has 1 heterocycles. The van der Waals surface area contributed by atoms with E-state index < -0.39 is 9.84 Å². The molecule has 6 nitrogen and oxygen atoms in total. The van der Waals surface area contributed by atoms with Crippen LogP contribution in [-0.2, 0) is 9.84 Å². The number of sulfone groups is 1. The molecule has 0 amide bonds. The highest BCUT2D eigenvalue weighted by molar-refractivity contribution is 7.91. The Morgan fingerprint density at radius 2 is 1.61 bits per heavy atom. The Bertz CT molecular complexity index is 1040. The van der Waals surface area contributed by atoms with Gasteiger partial charge < -0.3 is 14.2 Å². The third-order valence-electron chi connectivity index (χ3n) is 4.67. The largest absolute Gasteiger partial charge is 0.493 e. The van der Waals surface area contributed by atoms with Crippen molar-refractivity contribution in [2.75, 3.05) is 27.1 Å². The highest BCUT2D eigenvalue weighted by Gasteiger charge is 2.29. The topological polar surface area (TPSA) is 78.9 Å². The fourth-order valence-electron chi connectivity index (χ4n) is 3.26. The van der Waals surface area contributed by atoms with Gasteiger partial charge in [0.2, 0.25) is 5.75 Å². The van der Waals surface area contributed by atoms with Gasteiger partial charge in [-0.05, 0) is 49.2 Å². The molecule has 3 rings (SSSR count). The van der Waals surface area contributed by atoms with E-state index in [4.69, 9.17) is 14.2 Å². The van der Waals surface area contributed by atoms with Crippen molar-refractivity contribution in [2.24, 2.45) is 0 Å². The number of carbonyl (C=O) groups is 1. The molecule has 0 aromatic heterocycles. The Morgan fingerprint density at radius 1 is 0.964 bits per heavy atom. The van der Waals surface area contributed by atoms with Crippen LogP contribution in [-0.4, -0.2) is 41.3 Å². The molecule has 0 atom stereocenters. The minimum atomic E-state index is -3.52. The molecule has 148 valence electrons. The number of benzene rings is 2. The van der Waals surface area contributed by atoms with Gasteiger partial charge >= 0.3 is 0 Å². The van der Waals surface area contributed by atoms with E-state index in [0.29, 0.717) is 28.4 Å². The average Bonchev–Trinajstić information content (AvgIpc) is 2.77. The first-order valence-electron chi connectivity index (χ1n) is 8.69. The predicted molar refractivity (Wildman–Crippen MR) is 106 cm³/mol. The van der Waals surface area contributed by atoms with E-state index in [2.05, 4.69) is 0 Å². The number of methoxy groups -OCH3 is 3. The van der Waals surface area contributed by atoms with Gasteiger partial charge in [-0.3, -0.25) is 4.79 Å². The molecule has 1 aliphatic heterocycles. The zero-order valence-electron chi connectivity index (χ0n) is 16.2. The normalized spacial score (nSPS) is 17.0. The second kappa shape index (κ2) is 7.67. The van der Waals surface area contributed by atoms with Crippen molar-refractivity contribution in [3.8, 4) is 17.2 Å². The fraction of sp³-hybridized carbons (Fsp3) is 0.286. The van der Waals surface area contributed by atoms with Crippen LogP contribution in [0.4, 0.5) is 0 Å². The number of hydrogen-bond donors (Lipinski definition) is 0. The van der Waals surface area contributed by atoms with Crippen LogP contribution in [0.3, 0.4) is 0 Å². The summed E-state index contributed by atoms with van der Waals surface area (Å²) in [6.45, 7) is 1.83. The quantitative estimate of drug-likeness (QED) is 0.729. The Morgan fingerprint density at radius 3 is 2.18 bits per heavy atom. The first kappa shape index (κ1) is 19.9. The molecule has 0 unspecified atom stereocenters. The molecule has 0 aliphatic carbocycles. The summed E-state index contributed by atoms with van der Waals surface area (Å²) in [6.07, 6.45) is 1.81. The molecule has 0 radical (unpaired) electrons. The molecule has 28 heavy (non-hydrogen) atoms. The Balaban J connectivity index is 2.14. The number of allylic oxidation sites excluding steroid dienone is 1. The first-order valence-corrected chi connectivity index (χ1v) is 10.3. The van der Waals surface area contributed by atoms with Crippen molar-refractivity contribution in [3.05, 3.63) is 52.6 Å². The summed E-state index contributed by atoms with van der Waals surface area (Å²) in [5, 5.41) is 0. The lowest BCUT2D eigenvalue weighted by Gasteiger charge is -2.13. The standard InChI is InChI=1S/C21H22O6S/c1-13-5-6-19-16(9-13)20(22)15(7-8-28(19,23)24)10-14-11-17(25-2)21(27-4)18(12-14)26-3/h5-6,9-12H,7-8H2,1-4H3/b15-10+. The summed E-state index contributed by atoms with van der Waals surface area (Å²) in [6, 6.07) is 8.29. The molecule has 7 heteroatoms. The smallest absolute Gasteiger partial charge is 0.203 e. The van der Waals surface area contributed by atoms with Crippen LogP contribution in [0, 0.1) is 6.92 Å². The molecule has 2 aromatic rings. The van der Waals surface area contributed by atoms with Crippen LogP contribution in [0.2, 0.25) is 0 Å². The summed E-state index contributed by atoms with van der Waals surface area (Å²) in [5.74, 6) is 0.958. The number of carbonyl (C=O) groups excluding carboxylic acids is 1. The van der Waals surface area contributed by atoms with E-state index in [1.165, 1.54) is 27.4 Å². The Kier molecular flexibility index (Phi) is 5.47. The van der Waals surface area contributed by atoms with Gasteiger partial charge in [-0.15, -0.1) is 0 Å². The maximum atomic E-state index is 13.1. The third-order valence-corrected chi connectivity index (χ3v) is 6.44. The summed E-state index contributed by atoms with van der Waals surface area (Å²) < 4.78 is 41.2. The molecule has 0 spiro atoms. The number of Topliss-reactive ketones (excluding diaryl/α,β-unsaturated/α-hetero) is 1. The number of ketones is 1. The van der Waals surface area contributed by atoms with Gasteiger partial charge in [-0.2, -0.15) is 0 Å². The van der Waals surface area contributed by atoms with Crippen molar-refractivity contribution >= 4 is 21.7 Å². The van der Waals surface area contributed by atoms with Gasteiger partial charge in [0.15, 0.2) is 27.1 Å². The molecule has 0 saturated carbocycles. The maximum absolute atomic E-state index is 13.1. The Labute approximate surface area is 164 Å². The first-order chi connectivity index (χ1) is 13.3. The van der Waals surface area contributed by atoms with E-state index in [1.54, 1.807) is 30.3 Å². The van der Waals surface area contributed by atoms with Crippen LogP contribution in [0.15, 0.2) is 40.8 Å². The zero-order chi connectivity index (χ0) is 20.5. The number of fused-ring (bicyclic) bond motifs is 1. The van der Waals surface area contributed by atoms with Gasteiger partial charge in [0.05, 0.1) is 32.0 Å². The number of rotatable bonds is 4. The lowest BCUT2D eigenvalue weighted by molar-refractivity contribution is 0.103. The van der Waals surface area contributed by atoms with Crippen molar-refractivity contribution in [1.29, 1.82) is 0 Å². The SMILES string of the molecule is COc1cc(/C=C2\CCS(=O)(=O)c3ccc(C)cc3C2=O)cc(OC)c1OC. The van der Waals surface area contributed by atoms with E-state index in [0.717, 1.165) is 5.56 Å². The molecule has 0 N–H and O–H groups in total. The van der Waals surface area contributed by atoms with E-state index in [1.807, 2.05) is 6.92 Å². The van der Waals surface area contributed by atoms with Crippen LogP contribution >= 0.6 is 0 Å². The summed E-state index contributed by atoms with van der Waals surface area (Å²) in [5.41, 5.74) is 2.13. The molecular formula is C21H22O6S. The number of ether oxygens (including phenoxy) is 3. The highest BCUT2D eigenvalue weighted by Crippen LogP contribution is 2.39. The Hall–Kier alpha value is -2.80. The van der Waals surface area contributed by atoms with Crippen molar-refractivity contribution in [3.63, 3.8) is 0 Å². The number of hydrogen-bond acceptors (Lipinski definition) is 6. The lowest BCUT2D eigenvalue weighted by Crippen LogP contribution is -2.07. The van der Waals surface area contributed by atoms with Crippen LogP contribution in [0.25, 0.3) is 6.08 Å². The highest BCUT2D eigenvalue weighted by atomic mass is 32.2. The van der Waals surface area contributed by atoms with Crippen LogP contribution in [0.5, 0.6) is 17.2 Å². The van der Waals surface area contributed by atoms with E-state index in [9.17, 15) is 13.2 Å². The van der Waals surface area contributed by atoms with Crippen molar-refractivity contribution in [2.45, 2.75) is 18.2 Å². The third kappa shape index (κ3) is 3.62. The second-order valence-electron chi connectivity index (χ2n) is 6.53. The molecule has 0 saturated heterocycles. The van der Waals surface area contributed by atoms with Gasteiger partial charge in [-0.25, -0.2) is 8.42 Å². The molecule has 2 aromatic carbocycles. The van der Waals surface area contributed by atoms with Crippen molar-refractivity contribution in [1.82, 2.24) is 0 Å². The summed E-state index contributed by atoms with van der Waals surface area (Å²) in [4.78, 5) is 13.2. The minimum Gasteiger partial charge on any atom is -0.493 e. The lowest BCUT2D eigenvalue weighted by atomic mass is 9.97. The summed E-state index contributed by atoms with van der Waals surface area (Å²) >= 11 is 0. The second-order valence-corrected chi connectivity index (χ2v) is 8.60. The fourth-order valence-corrected chi connectivity index (χ4v) is 4.73. The zero-order valence-corrected chi connectivity index (χ0v) is 17.1. The van der Waals surface area contributed by atoms with Gasteiger partial charge in [-0.1, -0.05) is 11.6 Å². The van der Waals surface area contributed by atoms with Crippen LogP contribution < -0.4 is 14.2 Å². The summed E-state index contributed by atoms with van der Waals surface area (Å²) in [7, 11) is 1.01. The monoisotopic (exact) mass is 402 g/mol. The van der Waals surface area contributed by atoms with Crippen LogP contribution in [0.1, 0.15) is 27.9 Å². The van der Waals surface area contributed by atoms with Gasteiger partial charge in [0, 0.05) is 11.1 Å². The molecular weight excluding hydrogens is 380 g/mol. The molecule has 0 bridgehead atoms. The number of aryl methyl sites for hydroxylation is 1. The van der Waals surface area contributed by atoms with Crippen molar-refractivity contribution < 1.29 is 27.4 Å². The van der Waals surface area contributed by atoms with E-state index in [-0.39, 0.29) is 28.4 Å². The van der Waals surface area contributed by atoms with Gasteiger partial charge in [0.25, 0.3) is 0 Å². The molecule has 0 fully saturated rings. The maximum Gasteiger partial charge on any atom is 0.203 e. The average molecular weight is 402 g/mol. The van der Waals surface area contributed by atoms with E-state index >= 15 is 0 Å². The minimum absolute atomic E-state index is 0.0939. The van der Waals surface area contributed by atoms with Gasteiger partial charge in [0.1, 0.15) is 0 Å².